The minimum Gasteiger partial charge on any atom is -0.286 e. The average Bonchev–Trinajstić information content (AvgIpc) is 2.06. The topological polar surface area (TPSA) is 54.4 Å². The molecule has 0 unspecified atom stereocenters. The van der Waals surface area contributed by atoms with Crippen molar-refractivity contribution >= 4 is 10.1 Å². The van der Waals surface area contributed by atoms with Crippen molar-refractivity contribution in [1.29, 1.82) is 0 Å². The third-order valence-corrected chi connectivity index (χ3v) is 2.61. The molecule has 1 N–H and O–H groups in total. The van der Waals surface area contributed by atoms with Crippen LogP contribution in [0.5, 0.6) is 0 Å². The molecule has 0 atom stereocenters. The third-order valence-electron chi connectivity index (χ3n) is 1.81. The summed E-state index contributed by atoms with van der Waals surface area (Å²) in [6.07, 6.45) is 0.534. The molecule has 0 radical (unpaired) electrons. The van der Waals surface area contributed by atoms with Crippen LogP contribution in [0.15, 0.2) is 24.3 Å². The van der Waals surface area contributed by atoms with Crippen LogP contribution in [0.1, 0.15) is 12.0 Å². The number of rotatable bonds is 4. The van der Waals surface area contributed by atoms with Crippen molar-refractivity contribution in [3.63, 3.8) is 0 Å². The van der Waals surface area contributed by atoms with Crippen LogP contribution in [0.3, 0.4) is 0 Å². The van der Waals surface area contributed by atoms with Gasteiger partial charge in [-0.3, -0.25) is 4.55 Å². The zero-order valence-electron chi connectivity index (χ0n) is 7.48. The molecule has 0 bridgehead atoms. The van der Waals surface area contributed by atoms with Gasteiger partial charge in [0.1, 0.15) is 5.82 Å². The molecule has 0 fully saturated rings. The van der Waals surface area contributed by atoms with E-state index in [9.17, 15) is 12.8 Å². The molecule has 0 aliphatic carbocycles. The molecule has 0 aromatic heterocycles. The van der Waals surface area contributed by atoms with E-state index < -0.39 is 10.1 Å². The fourth-order valence-corrected chi connectivity index (χ4v) is 1.66. The van der Waals surface area contributed by atoms with Crippen molar-refractivity contribution in [2.24, 2.45) is 0 Å². The average molecular weight is 218 g/mol. The molecular formula is C9H11FO3S. The summed E-state index contributed by atoms with van der Waals surface area (Å²) in [6, 6.07) is 6.18. The standard InChI is InChI=1S/C9H11FO3S/c10-9-6-2-1-4-8(9)5-3-7-14(11,12)13/h1-2,4,6H,3,5,7H2,(H,11,12,13). The lowest BCUT2D eigenvalue weighted by Gasteiger charge is -2.01. The Kier molecular flexibility index (Phi) is 3.60. The van der Waals surface area contributed by atoms with Crippen LogP contribution in [-0.2, 0) is 16.5 Å². The highest BCUT2D eigenvalue weighted by atomic mass is 32.2. The van der Waals surface area contributed by atoms with Gasteiger partial charge >= 0.3 is 0 Å². The number of halogens is 1. The van der Waals surface area contributed by atoms with E-state index in [1.807, 2.05) is 0 Å². The highest BCUT2D eigenvalue weighted by Gasteiger charge is 2.05. The van der Waals surface area contributed by atoms with Crippen LogP contribution in [0.4, 0.5) is 4.39 Å². The summed E-state index contributed by atoms with van der Waals surface area (Å²) in [7, 11) is -3.93. The fraction of sp³-hybridized carbons (Fsp3) is 0.333. The Morgan fingerprint density at radius 2 is 1.93 bits per heavy atom. The monoisotopic (exact) mass is 218 g/mol. The molecule has 0 aliphatic heterocycles. The first kappa shape index (κ1) is 11.1. The summed E-state index contributed by atoms with van der Waals surface area (Å²) in [6.45, 7) is 0. The minimum atomic E-state index is -3.93. The van der Waals surface area contributed by atoms with E-state index in [0.717, 1.165) is 0 Å². The summed E-state index contributed by atoms with van der Waals surface area (Å²) in [4.78, 5) is 0. The van der Waals surface area contributed by atoms with E-state index in [1.54, 1.807) is 18.2 Å². The molecule has 0 aliphatic rings. The molecule has 5 heteroatoms. The minimum absolute atomic E-state index is 0.222. The van der Waals surface area contributed by atoms with Crippen molar-refractivity contribution in [1.82, 2.24) is 0 Å². The molecule has 0 amide bonds. The van der Waals surface area contributed by atoms with Crippen LogP contribution in [0.2, 0.25) is 0 Å². The van der Waals surface area contributed by atoms with Crippen LogP contribution in [-0.4, -0.2) is 18.7 Å². The number of hydrogen-bond acceptors (Lipinski definition) is 2. The van der Waals surface area contributed by atoms with Crippen LogP contribution in [0, 0.1) is 5.82 Å². The van der Waals surface area contributed by atoms with E-state index in [1.165, 1.54) is 6.07 Å². The first-order chi connectivity index (χ1) is 6.49. The van der Waals surface area contributed by atoms with Gasteiger partial charge in [-0.15, -0.1) is 0 Å². The maximum atomic E-state index is 13.0. The smallest absolute Gasteiger partial charge is 0.264 e. The predicted molar refractivity (Wildman–Crippen MR) is 51.1 cm³/mol. The first-order valence-corrected chi connectivity index (χ1v) is 5.78. The fourth-order valence-electron chi connectivity index (χ4n) is 1.15. The van der Waals surface area contributed by atoms with Crippen molar-refractivity contribution in [3.05, 3.63) is 35.6 Å². The Balaban J connectivity index is 2.51. The Morgan fingerprint density at radius 1 is 1.29 bits per heavy atom. The maximum absolute atomic E-state index is 13.0. The second-order valence-corrected chi connectivity index (χ2v) is 4.55. The molecular weight excluding hydrogens is 207 g/mol. The second kappa shape index (κ2) is 4.52. The van der Waals surface area contributed by atoms with Crippen molar-refractivity contribution in [3.8, 4) is 0 Å². The summed E-state index contributed by atoms with van der Waals surface area (Å²) in [5.74, 6) is -0.677. The quantitative estimate of drug-likeness (QED) is 0.782. The second-order valence-electron chi connectivity index (χ2n) is 2.98. The molecule has 3 nitrogen and oxygen atoms in total. The predicted octanol–water partition coefficient (Wildman–Crippen LogP) is 1.65. The Hall–Kier alpha value is -0.940. The first-order valence-electron chi connectivity index (χ1n) is 4.17. The van der Waals surface area contributed by atoms with Crippen LogP contribution in [0.25, 0.3) is 0 Å². The van der Waals surface area contributed by atoms with Crippen molar-refractivity contribution in [2.45, 2.75) is 12.8 Å². The van der Waals surface area contributed by atoms with Crippen LogP contribution < -0.4 is 0 Å². The van der Waals surface area contributed by atoms with Crippen molar-refractivity contribution in [2.75, 3.05) is 5.75 Å². The van der Waals surface area contributed by atoms with E-state index in [-0.39, 0.29) is 18.0 Å². The molecule has 0 heterocycles. The van der Waals surface area contributed by atoms with Gasteiger partial charge in [0, 0.05) is 0 Å². The molecule has 0 saturated heterocycles. The highest BCUT2D eigenvalue weighted by molar-refractivity contribution is 7.85. The van der Waals surface area contributed by atoms with E-state index in [0.29, 0.717) is 12.0 Å². The summed E-state index contributed by atoms with van der Waals surface area (Å²) in [5, 5.41) is 0. The number of aryl methyl sites for hydroxylation is 1. The van der Waals surface area contributed by atoms with Crippen LogP contribution >= 0.6 is 0 Å². The molecule has 14 heavy (non-hydrogen) atoms. The normalized spacial score (nSPS) is 11.6. The Morgan fingerprint density at radius 3 is 2.50 bits per heavy atom. The lowest BCUT2D eigenvalue weighted by Crippen LogP contribution is -2.05. The summed E-state index contributed by atoms with van der Waals surface area (Å²) < 4.78 is 42.2. The summed E-state index contributed by atoms with van der Waals surface area (Å²) in [5.41, 5.74) is 0.469. The molecule has 0 spiro atoms. The molecule has 78 valence electrons. The lowest BCUT2D eigenvalue weighted by molar-refractivity contribution is 0.480. The summed E-state index contributed by atoms with van der Waals surface area (Å²) >= 11 is 0. The zero-order chi connectivity index (χ0) is 10.6. The highest BCUT2D eigenvalue weighted by Crippen LogP contribution is 2.09. The van der Waals surface area contributed by atoms with Gasteiger partial charge in [0.2, 0.25) is 0 Å². The van der Waals surface area contributed by atoms with Gasteiger partial charge in [-0.25, -0.2) is 4.39 Å². The number of hydrogen-bond donors (Lipinski definition) is 1. The Labute approximate surface area is 82.3 Å². The van der Waals surface area contributed by atoms with Gasteiger partial charge in [0.15, 0.2) is 0 Å². The molecule has 0 saturated carbocycles. The van der Waals surface area contributed by atoms with Gasteiger partial charge in [-0.2, -0.15) is 8.42 Å². The lowest BCUT2D eigenvalue weighted by atomic mass is 10.1. The third kappa shape index (κ3) is 3.85. The molecule has 1 rings (SSSR count). The van der Waals surface area contributed by atoms with E-state index in [2.05, 4.69) is 0 Å². The largest absolute Gasteiger partial charge is 0.286 e. The molecule has 1 aromatic carbocycles. The van der Waals surface area contributed by atoms with Gasteiger partial charge in [-0.1, -0.05) is 18.2 Å². The molecule has 1 aromatic rings. The van der Waals surface area contributed by atoms with Gasteiger partial charge in [0.05, 0.1) is 5.75 Å². The number of benzene rings is 1. The van der Waals surface area contributed by atoms with E-state index in [4.69, 9.17) is 4.55 Å². The van der Waals surface area contributed by atoms with Crippen molar-refractivity contribution < 1.29 is 17.4 Å². The van der Waals surface area contributed by atoms with E-state index >= 15 is 0 Å². The maximum Gasteiger partial charge on any atom is 0.264 e. The van der Waals surface area contributed by atoms with Gasteiger partial charge < -0.3 is 0 Å². The zero-order valence-corrected chi connectivity index (χ0v) is 8.30. The van der Waals surface area contributed by atoms with Gasteiger partial charge in [-0.05, 0) is 24.5 Å². The Bertz CT molecular complexity index is 400. The SMILES string of the molecule is O=S(=O)(O)CCCc1ccccc1F. The van der Waals surface area contributed by atoms with Gasteiger partial charge in [0.25, 0.3) is 10.1 Å².